The van der Waals surface area contributed by atoms with Crippen molar-refractivity contribution in [1.29, 1.82) is 0 Å². The summed E-state index contributed by atoms with van der Waals surface area (Å²) in [6.07, 6.45) is 4.27. The van der Waals surface area contributed by atoms with E-state index < -0.39 is 0 Å². The lowest BCUT2D eigenvalue weighted by Crippen LogP contribution is -2.23. The molecular weight excluding hydrogens is 234 g/mol. The van der Waals surface area contributed by atoms with E-state index in [0.29, 0.717) is 5.82 Å². The van der Waals surface area contributed by atoms with Crippen LogP contribution in [0.2, 0.25) is 0 Å². The highest BCUT2D eigenvalue weighted by Crippen LogP contribution is 2.22. The number of aliphatic hydroxyl groups excluding tert-OH is 1. The van der Waals surface area contributed by atoms with Crippen molar-refractivity contribution >= 4 is 17.2 Å². The van der Waals surface area contributed by atoms with Crippen LogP contribution in [-0.2, 0) is 0 Å². The molecule has 5 heteroatoms. The topological polar surface area (TPSA) is 58.0 Å². The number of rotatable bonds is 5. The van der Waals surface area contributed by atoms with Crippen molar-refractivity contribution in [1.82, 2.24) is 9.97 Å². The summed E-state index contributed by atoms with van der Waals surface area (Å²) in [4.78, 5) is 9.73. The molecule has 0 fully saturated rings. The van der Waals surface area contributed by atoms with Crippen molar-refractivity contribution in [2.75, 3.05) is 11.9 Å². The summed E-state index contributed by atoms with van der Waals surface area (Å²) in [5, 5.41) is 14.3. The van der Waals surface area contributed by atoms with E-state index in [9.17, 15) is 0 Å². The van der Waals surface area contributed by atoms with Gasteiger partial charge < -0.3 is 10.4 Å². The van der Waals surface area contributed by atoms with Crippen LogP contribution >= 0.6 is 11.3 Å². The van der Waals surface area contributed by atoms with Gasteiger partial charge in [0, 0.05) is 0 Å². The molecule has 2 heterocycles. The molecule has 0 aliphatic heterocycles. The molecule has 2 rings (SSSR count). The first kappa shape index (κ1) is 12.0. The van der Waals surface area contributed by atoms with Gasteiger partial charge in [-0.1, -0.05) is 13.0 Å². The van der Waals surface area contributed by atoms with Crippen molar-refractivity contribution in [2.24, 2.45) is 0 Å². The number of anilines is 1. The van der Waals surface area contributed by atoms with Crippen LogP contribution in [0, 0.1) is 0 Å². The van der Waals surface area contributed by atoms with Gasteiger partial charge in [0.25, 0.3) is 0 Å². The third-order valence-corrected chi connectivity index (χ3v) is 3.37. The molecule has 0 saturated carbocycles. The van der Waals surface area contributed by atoms with Crippen LogP contribution in [0.25, 0.3) is 10.6 Å². The fraction of sp³-hybridized carbons (Fsp3) is 0.333. The Morgan fingerprint density at radius 3 is 3.00 bits per heavy atom. The molecule has 0 amide bonds. The number of nitrogens with one attached hydrogen (secondary N) is 1. The standard InChI is InChI=1S/C12H15N3OS/c1-2-9(8-16)14-12-7-13-6-10(15-12)11-4-3-5-17-11/h3-7,9,16H,2,8H2,1H3,(H,14,15). The van der Waals surface area contributed by atoms with Gasteiger partial charge >= 0.3 is 0 Å². The molecule has 2 aromatic heterocycles. The van der Waals surface area contributed by atoms with E-state index in [1.54, 1.807) is 23.7 Å². The highest BCUT2D eigenvalue weighted by Gasteiger charge is 2.07. The first-order valence-electron chi connectivity index (χ1n) is 5.56. The summed E-state index contributed by atoms with van der Waals surface area (Å²) >= 11 is 1.64. The van der Waals surface area contributed by atoms with E-state index in [-0.39, 0.29) is 12.6 Å². The average Bonchev–Trinajstić information content (AvgIpc) is 2.90. The quantitative estimate of drug-likeness (QED) is 0.854. The predicted molar refractivity (Wildman–Crippen MR) is 70.1 cm³/mol. The first-order chi connectivity index (χ1) is 8.33. The maximum absolute atomic E-state index is 9.13. The number of aromatic nitrogens is 2. The maximum Gasteiger partial charge on any atom is 0.145 e. The average molecular weight is 249 g/mol. The zero-order valence-corrected chi connectivity index (χ0v) is 10.4. The fourth-order valence-corrected chi connectivity index (χ4v) is 2.14. The fourth-order valence-electron chi connectivity index (χ4n) is 1.46. The lowest BCUT2D eigenvalue weighted by molar-refractivity contribution is 0.271. The molecule has 0 bridgehead atoms. The molecule has 90 valence electrons. The highest BCUT2D eigenvalue weighted by atomic mass is 32.1. The number of aliphatic hydroxyl groups is 1. The molecule has 17 heavy (non-hydrogen) atoms. The molecule has 0 saturated heterocycles. The van der Waals surface area contributed by atoms with Crippen LogP contribution in [0.3, 0.4) is 0 Å². The van der Waals surface area contributed by atoms with Gasteiger partial charge in [0.1, 0.15) is 11.5 Å². The number of hydrogen-bond acceptors (Lipinski definition) is 5. The van der Waals surface area contributed by atoms with Gasteiger partial charge in [0.05, 0.1) is 29.9 Å². The van der Waals surface area contributed by atoms with Crippen LogP contribution in [0.5, 0.6) is 0 Å². The minimum Gasteiger partial charge on any atom is -0.394 e. The monoisotopic (exact) mass is 249 g/mol. The Labute approximate surface area is 104 Å². The Hall–Kier alpha value is -1.46. The SMILES string of the molecule is CCC(CO)Nc1cncc(-c2cccs2)n1. The van der Waals surface area contributed by atoms with Gasteiger partial charge in [0.15, 0.2) is 0 Å². The minimum atomic E-state index is 0.0304. The van der Waals surface area contributed by atoms with Crippen LogP contribution in [0.15, 0.2) is 29.9 Å². The second-order valence-electron chi connectivity index (χ2n) is 3.70. The van der Waals surface area contributed by atoms with Crippen molar-refractivity contribution < 1.29 is 5.11 Å². The Balaban J connectivity index is 2.17. The summed E-state index contributed by atoms with van der Waals surface area (Å²) < 4.78 is 0. The maximum atomic E-state index is 9.13. The van der Waals surface area contributed by atoms with Crippen LogP contribution in [0.1, 0.15) is 13.3 Å². The molecule has 4 nitrogen and oxygen atoms in total. The normalized spacial score (nSPS) is 12.4. The summed E-state index contributed by atoms with van der Waals surface area (Å²) in [5.74, 6) is 0.705. The second kappa shape index (κ2) is 5.75. The van der Waals surface area contributed by atoms with Gasteiger partial charge in [-0.25, -0.2) is 4.98 Å². The van der Waals surface area contributed by atoms with Crippen LogP contribution < -0.4 is 5.32 Å². The zero-order chi connectivity index (χ0) is 12.1. The predicted octanol–water partition coefficient (Wildman–Crippen LogP) is 2.39. The molecule has 1 unspecified atom stereocenters. The van der Waals surface area contributed by atoms with E-state index in [0.717, 1.165) is 17.0 Å². The highest BCUT2D eigenvalue weighted by molar-refractivity contribution is 7.13. The molecule has 0 radical (unpaired) electrons. The molecule has 0 aliphatic rings. The van der Waals surface area contributed by atoms with E-state index in [4.69, 9.17) is 5.11 Å². The van der Waals surface area contributed by atoms with Crippen molar-refractivity contribution in [3.63, 3.8) is 0 Å². The lowest BCUT2D eigenvalue weighted by Gasteiger charge is -2.14. The second-order valence-corrected chi connectivity index (χ2v) is 4.65. The molecule has 0 spiro atoms. The molecule has 1 atom stereocenters. The molecule has 2 aromatic rings. The smallest absolute Gasteiger partial charge is 0.145 e. The first-order valence-corrected chi connectivity index (χ1v) is 6.44. The van der Waals surface area contributed by atoms with Crippen molar-refractivity contribution in [2.45, 2.75) is 19.4 Å². The van der Waals surface area contributed by atoms with Gasteiger partial charge in [0.2, 0.25) is 0 Å². The van der Waals surface area contributed by atoms with Gasteiger partial charge in [-0.15, -0.1) is 11.3 Å². The molecule has 2 N–H and O–H groups in total. The largest absolute Gasteiger partial charge is 0.394 e. The zero-order valence-electron chi connectivity index (χ0n) is 9.63. The van der Waals surface area contributed by atoms with Crippen LogP contribution in [-0.4, -0.2) is 27.7 Å². The van der Waals surface area contributed by atoms with E-state index in [1.807, 2.05) is 24.4 Å². The third-order valence-electron chi connectivity index (χ3n) is 2.47. The Bertz CT molecular complexity index is 455. The Kier molecular flexibility index (Phi) is 4.06. The number of hydrogen-bond donors (Lipinski definition) is 2. The Morgan fingerprint density at radius 1 is 1.47 bits per heavy atom. The van der Waals surface area contributed by atoms with Gasteiger partial charge in [-0.3, -0.25) is 4.98 Å². The summed E-state index contributed by atoms with van der Waals surface area (Å²) in [6, 6.07) is 4.04. The van der Waals surface area contributed by atoms with E-state index >= 15 is 0 Å². The number of thiophene rings is 1. The van der Waals surface area contributed by atoms with Gasteiger partial charge in [-0.2, -0.15) is 0 Å². The van der Waals surface area contributed by atoms with E-state index in [1.165, 1.54) is 0 Å². The van der Waals surface area contributed by atoms with Crippen molar-refractivity contribution in [3.05, 3.63) is 29.9 Å². The molecular formula is C12H15N3OS. The third kappa shape index (κ3) is 3.01. The lowest BCUT2D eigenvalue weighted by atomic mass is 10.2. The number of nitrogens with zero attached hydrogens (tertiary/aromatic N) is 2. The molecule has 0 aliphatic carbocycles. The van der Waals surface area contributed by atoms with Gasteiger partial charge in [-0.05, 0) is 17.9 Å². The summed E-state index contributed by atoms with van der Waals surface area (Å²) in [5.41, 5.74) is 0.859. The summed E-state index contributed by atoms with van der Waals surface area (Å²) in [7, 11) is 0. The van der Waals surface area contributed by atoms with Crippen LogP contribution in [0.4, 0.5) is 5.82 Å². The summed E-state index contributed by atoms with van der Waals surface area (Å²) in [6.45, 7) is 2.12. The van der Waals surface area contributed by atoms with Crippen molar-refractivity contribution in [3.8, 4) is 10.6 Å². The minimum absolute atomic E-state index is 0.0304. The molecule has 0 aromatic carbocycles. The Morgan fingerprint density at radius 2 is 2.35 bits per heavy atom. The van der Waals surface area contributed by atoms with E-state index in [2.05, 4.69) is 15.3 Å².